The predicted octanol–water partition coefficient (Wildman–Crippen LogP) is 2.95. The minimum absolute atomic E-state index is 0.0328. The highest BCUT2D eigenvalue weighted by Crippen LogP contribution is 2.25. The summed E-state index contributed by atoms with van der Waals surface area (Å²) >= 11 is 0. The van der Waals surface area contributed by atoms with Crippen LogP contribution in [-0.4, -0.2) is 32.3 Å². The zero-order valence-corrected chi connectivity index (χ0v) is 13.6. The van der Waals surface area contributed by atoms with Crippen LogP contribution in [0, 0.1) is 5.92 Å². The summed E-state index contributed by atoms with van der Waals surface area (Å²) in [5, 5.41) is 2.92. The average Bonchev–Trinajstić information content (AvgIpc) is 2.54. The molecule has 4 nitrogen and oxygen atoms in total. The molecule has 122 valence electrons. The number of benzene rings is 1. The third kappa shape index (κ3) is 5.34. The van der Waals surface area contributed by atoms with Gasteiger partial charge in [0.1, 0.15) is 5.75 Å². The number of ether oxygens (including phenoxy) is 2. The van der Waals surface area contributed by atoms with Crippen molar-refractivity contribution in [2.45, 2.75) is 45.1 Å². The fourth-order valence-electron chi connectivity index (χ4n) is 2.92. The second-order valence-corrected chi connectivity index (χ2v) is 6.05. The highest BCUT2D eigenvalue weighted by atomic mass is 16.5. The molecule has 4 heteroatoms. The average molecular weight is 305 g/mol. The Labute approximate surface area is 133 Å². The van der Waals surface area contributed by atoms with Crippen LogP contribution >= 0.6 is 0 Å². The molecule has 1 saturated carbocycles. The van der Waals surface area contributed by atoms with Gasteiger partial charge in [0.2, 0.25) is 5.91 Å². The molecule has 0 spiro atoms. The van der Waals surface area contributed by atoms with Gasteiger partial charge in [-0.15, -0.1) is 0 Å². The van der Waals surface area contributed by atoms with Gasteiger partial charge in [0.05, 0.1) is 26.2 Å². The van der Waals surface area contributed by atoms with Crippen molar-refractivity contribution < 1.29 is 14.3 Å². The minimum Gasteiger partial charge on any atom is -0.497 e. The Morgan fingerprint density at radius 2 is 1.95 bits per heavy atom. The number of carbonyl (C=O) groups is 1. The van der Waals surface area contributed by atoms with E-state index in [1.807, 2.05) is 24.3 Å². The maximum atomic E-state index is 11.9. The Morgan fingerprint density at radius 1 is 1.23 bits per heavy atom. The monoisotopic (exact) mass is 305 g/mol. The first-order chi connectivity index (χ1) is 10.7. The van der Waals surface area contributed by atoms with Crippen molar-refractivity contribution in [1.29, 1.82) is 0 Å². The summed E-state index contributed by atoms with van der Waals surface area (Å²) in [6, 6.07) is 7.57. The standard InChI is InChI=1S/C18H27NO3/c1-14-5-3-4-6-17(14)22-12-11-19-18(20)13-15-7-9-16(21-2)10-8-15/h7-10,14,17H,3-6,11-13H2,1-2H3,(H,19,20)/t14-,17+/m0/s1. The van der Waals surface area contributed by atoms with Gasteiger partial charge in [-0.25, -0.2) is 0 Å². The Morgan fingerprint density at radius 3 is 2.64 bits per heavy atom. The molecule has 1 fully saturated rings. The van der Waals surface area contributed by atoms with Gasteiger partial charge < -0.3 is 14.8 Å². The Bertz CT molecular complexity index is 458. The lowest BCUT2D eigenvalue weighted by molar-refractivity contribution is -0.120. The number of methoxy groups -OCH3 is 1. The van der Waals surface area contributed by atoms with Gasteiger partial charge in [-0.1, -0.05) is 31.9 Å². The van der Waals surface area contributed by atoms with E-state index in [9.17, 15) is 4.79 Å². The molecule has 0 heterocycles. The first-order valence-electron chi connectivity index (χ1n) is 8.20. The molecule has 0 radical (unpaired) electrons. The van der Waals surface area contributed by atoms with E-state index in [0.717, 1.165) is 17.7 Å². The first-order valence-corrected chi connectivity index (χ1v) is 8.20. The van der Waals surface area contributed by atoms with E-state index >= 15 is 0 Å². The Hall–Kier alpha value is -1.55. The number of nitrogens with one attached hydrogen (secondary N) is 1. The quantitative estimate of drug-likeness (QED) is 0.788. The lowest BCUT2D eigenvalue weighted by atomic mass is 9.88. The van der Waals surface area contributed by atoms with Gasteiger partial charge >= 0.3 is 0 Å². The van der Waals surface area contributed by atoms with Gasteiger partial charge in [-0.3, -0.25) is 4.79 Å². The molecule has 2 atom stereocenters. The summed E-state index contributed by atoms with van der Waals surface area (Å²) in [4.78, 5) is 11.9. The molecule has 1 aliphatic rings. The molecule has 0 aliphatic heterocycles. The van der Waals surface area contributed by atoms with Gasteiger partial charge in [-0.05, 0) is 36.5 Å². The fourth-order valence-corrected chi connectivity index (χ4v) is 2.92. The second-order valence-electron chi connectivity index (χ2n) is 6.05. The fraction of sp³-hybridized carbons (Fsp3) is 0.611. The number of hydrogen-bond donors (Lipinski definition) is 1. The number of amides is 1. The molecule has 1 amide bonds. The minimum atomic E-state index is 0.0328. The van der Waals surface area contributed by atoms with Crippen molar-refractivity contribution in [3.63, 3.8) is 0 Å². The number of carbonyl (C=O) groups excluding carboxylic acids is 1. The lowest BCUT2D eigenvalue weighted by Crippen LogP contribution is -2.32. The highest BCUT2D eigenvalue weighted by molar-refractivity contribution is 5.78. The van der Waals surface area contributed by atoms with Crippen molar-refractivity contribution in [2.24, 2.45) is 5.92 Å². The summed E-state index contributed by atoms with van der Waals surface area (Å²) in [5.41, 5.74) is 0.986. The molecule has 0 unspecified atom stereocenters. The summed E-state index contributed by atoms with van der Waals surface area (Å²) in [6.07, 6.45) is 5.75. The highest BCUT2D eigenvalue weighted by Gasteiger charge is 2.21. The Balaban J connectivity index is 1.62. The van der Waals surface area contributed by atoms with Crippen molar-refractivity contribution in [3.05, 3.63) is 29.8 Å². The van der Waals surface area contributed by atoms with Crippen LogP contribution < -0.4 is 10.1 Å². The third-order valence-electron chi connectivity index (χ3n) is 4.31. The largest absolute Gasteiger partial charge is 0.497 e. The van der Waals surface area contributed by atoms with Crippen molar-refractivity contribution in [1.82, 2.24) is 5.32 Å². The zero-order chi connectivity index (χ0) is 15.8. The predicted molar refractivity (Wildman–Crippen MR) is 87.1 cm³/mol. The van der Waals surface area contributed by atoms with Gasteiger partial charge in [0, 0.05) is 6.54 Å². The van der Waals surface area contributed by atoms with Crippen LogP contribution in [-0.2, 0) is 16.0 Å². The Kier molecular flexibility index (Phi) is 6.72. The molecule has 1 aromatic rings. The molecule has 0 aromatic heterocycles. The van der Waals surface area contributed by atoms with Crippen LogP contribution in [0.1, 0.15) is 38.2 Å². The molecule has 0 bridgehead atoms. The molecular weight excluding hydrogens is 278 g/mol. The number of hydrogen-bond acceptors (Lipinski definition) is 3. The molecular formula is C18H27NO3. The van der Waals surface area contributed by atoms with Crippen LogP contribution in [0.5, 0.6) is 5.75 Å². The zero-order valence-electron chi connectivity index (χ0n) is 13.6. The van der Waals surface area contributed by atoms with Crippen LogP contribution in [0.2, 0.25) is 0 Å². The van der Waals surface area contributed by atoms with Crippen molar-refractivity contribution in [3.8, 4) is 5.75 Å². The van der Waals surface area contributed by atoms with Crippen LogP contribution in [0.3, 0.4) is 0 Å². The maximum Gasteiger partial charge on any atom is 0.224 e. The van der Waals surface area contributed by atoms with Gasteiger partial charge in [-0.2, -0.15) is 0 Å². The van der Waals surface area contributed by atoms with Crippen LogP contribution in [0.25, 0.3) is 0 Å². The van der Waals surface area contributed by atoms with E-state index in [0.29, 0.717) is 31.6 Å². The van der Waals surface area contributed by atoms with E-state index in [-0.39, 0.29) is 5.91 Å². The van der Waals surface area contributed by atoms with E-state index < -0.39 is 0 Å². The van der Waals surface area contributed by atoms with E-state index in [1.54, 1.807) is 7.11 Å². The summed E-state index contributed by atoms with van der Waals surface area (Å²) < 4.78 is 11.0. The normalized spacial score (nSPS) is 21.4. The number of rotatable bonds is 7. The molecule has 2 rings (SSSR count). The molecule has 1 aromatic carbocycles. The first kappa shape index (κ1) is 16.8. The molecule has 22 heavy (non-hydrogen) atoms. The van der Waals surface area contributed by atoms with Crippen LogP contribution in [0.4, 0.5) is 0 Å². The van der Waals surface area contributed by atoms with Crippen molar-refractivity contribution in [2.75, 3.05) is 20.3 Å². The lowest BCUT2D eigenvalue weighted by Gasteiger charge is -2.28. The smallest absolute Gasteiger partial charge is 0.224 e. The summed E-state index contributed by atoms with van der Waals surface area (Å²) in [7, 11) is 1.63. The molecule has 1 aliphatic carbocycles. The van der Waals surface area contributed by atoms with E-state index in [4.69, 9.17) is 9.47 Å². The summed E-state index contributed by atoms with van der Waals surface area (Å²) in [5.74, 6) is 1.48. The van der Waals surface area contributed by atoms with Crippen molar-refractivity contribution >= 4 is 5.91 Å². The van der Waals surface area contributed by atoms with Gasteiger partial charge in [0.15, 0.2) is 0 Å². The van der Waals surface area contributed by atoms with Gasteiger partial charge in [0.25, 0.3) is 0 Å². The molecule has 0 saturated heterocycles. The van der Waals surface area contributed by atoms with Crippen LogP contribution in [0.15, 0.2) is 24.3 Å². The maximum absolute atomic E-state index is 11.9. The van der Waals surface area contributed by atoms with E-state index in [2.05, 4.69) is 12.2 Å². The SMILES string of the molecule is COc1ccc(CC(=O)NCCO[C@@H]2CCCC[C@@H]2C)cc1. The second kappa shape index (κ2) is 8.79. The van der Waals surface area contributed by atoms with E-state index in [1.165, 1.54) is 19.3 Å². The third-order valence-corrected chi connectivity index (χ3v) is 4.31. The topological polar surface area (TPSA) is 47.6 Å². The molecule has 1 N–H and O–H groups in total. The summed E-state index contributed by atoms with van der Waals surface area (Å²) in [6.45, 7) is 3.44.